The van der Waals surface area contributed by atoms with Crippen LogP contribution < -0.4 is 5.32 Å². The van der Waals surface area contributed by atoms with Gasteiger partial charge in [0.2, 0.25) is 11.8 Å². The first kappa shape index (κ1) is 23.5. The maximum Gasteiger partial charge on any atom is 0.236 e. The van der Waals surface area contributed by atoms with E-state index in [1.54, 1.807) is 0 Å². The minimum atomic E-state index is -0.126. The molecule has 33 heavy (non-hydrogen) atoms. The molecule has 1 saturated heterocycles. The Bertz CT molecular complexity index is 1070. The molecule has 1 fully saturated rings. The van der Waals surface area contributed by atoms with Gasteiger partial charge in [0.15, 0.2) is 5.13 Å². The van der Waals surface area contributed by atoms with Gasteiger partial charge in [0.05, 0.1) is 17.2 Å². The number of thiazole rings is 1. The van der Waals surface area contributed by atoms with Gasteiger partial charge < -0.3 is 10.2 Å². The first-order valence-electron chi connectivity index (χ1n) is 11.4. The van der Waals surface area contributed by atoms with E-state index in [9.17, 15) is 9.59 Å². The fourth-order valence-electron chi connectivity index (χ4n) is 4.15. The highest BCUT2D eigenvalue weighted by atomic mass is 32.2. The van der Waals surface area contributed by atoms with Crippen molar-refractivity contribution in [2.45, 2.75) is 38.6 Å². The van der Waals surface area contributed by atoms with Gasteiger partial charge in [-0.3, -0.25) is 9.59 Å². The summed E-state index contributed by atoms with van der Waals surface area (Å²) in [4.78, 5) is 31.5. The number of carbonyl (C=O) groups is 2. The number of likely N-dealkylation sites (tertiary alicyclic amines) is 1. The van der Waals surface area contributed by atoms with E-state index in [-0.39, 0.29) is 17.6 Å². The van der Waals surface area contributed by atoms with Crippen molar-refractivity contribution in [1.82, 2.24) is 9.88 Å². The molecule has 2 amide bonds. The Labute approximate surface area is 203 Å². The molecule has 0 radical (unpaired) electrons. The first-order valence-corrected chi connectivity index (χ1v) is 13.5. The van der Waals surface area contributed by atoms with E-state index in [1.807, 2.05) is 28.5 Å². The molecule has 2 heterocycles. The molecule has 7 heteroatoms. The van der Waals surface area contributed by atoms with Crippen LogP contribution in [0.2, 0.25) is 0 Å². The second-order valence-electron chi connectivity index (χ2n) is 8.17. The summed E-state index contributed by atoms with van der Waals surface area (Å²) in [5, 5.41) is 5.39. The molecule has 1 N–H and O–H groups in total. The summed E-state index contributed by atoms with van der Waals surface area (Å²) in [7, 11) is 0. The lowest BCUT2D eigenvalue weighted by Crippen LogP contribution is -2.44. The number of piperidine rings is 1. The SMILES string of the molecule is CCC1CCCCN1C(=O)CSCC(=O)Nc1nc(-c2ccc(-c3ccccc3)cc2)cs1. The van der Waals surface area contributed by atoms with Crippen LogP contribution in [0, 0.1) is 0 Å². The average Bonchev–Trinajstić information content (AvgIpc) is 3.33. The molecule has 1 aromatic heterocycles. The minimum absolute atomic E-state index is 0.126. The molecule has 1 unspecified atom stereocenters. The summed E-state index contributed by atoms with van der Waals surface area (Å²) in [5.41, 5.74) is 4.19. The topological polar surface area (TPSA) is 62.3 Å². The maximum atomic E-state index is 12.5. The number of aromatic nitrogens is 1. The van der Waals surface area contributed by atoms with E-state index in [0.29, 0.717) is 16.9 Å². The zero-order valence-electron chi connectivity index (χ0n) is 18.8. The van der Waals surface area contributed by atoms with Crippen molar-refractivity contribution in [3.05, 3.63) is 60.0 Å². The molecule has 3 aromatic rings. The van der Waals surface area contributed by atoms with Crippen LogP contribution in [0.5, 0.6) is 0 Å². The van der Waals surface area contributed by atoms with E-state index in [1.165, 1.54) is 35.1 Å². The summed E-state index contributed by atoms with van der Waals surface area (Å²) >= 11 is 2.78. The van der Waals surface area contributed by atoms with Gasteiger partial charge in [-0.05, 0) is 36.8 Å². The third-order valence-electron chi connectivity index (χ3n) is 5.92. The molecular weight excluding hydrogens is 450 g/mol. The van der Waals surface area contributed by atoms with Crippen LogP contribution in [0.25, 0.3) is 22.4 Å². The van der Waals surface area contributed by atoms with Crippen molar-refractivity contribution in [3.8, 4) is 22.4 Å². The summed E-state index contributed by atoms with van der Waals surface area (Å²) in [6.07, 6.45) is 4.37. The fourth-order valence-corrected chi connectivity index (χ4v) is 5.59. The number of anilines is 1. The van der Waals surface area contributed by atoms with Gasteiger partial charge in [0, 0.05) is 23.5 Å². The second kappa shape index (κ2) is 11.5. The molecule has 2 aromatic carbocycles. The quantitative estimate of drug-likeness (QED) is 0.434. The highest BCUT2D eigenvalue weighted by Gasteiger charge is 2.25. The number of nitrogens with zero attached hydrogens (tertiary/aromatic N) is 2. The highest BCUT2D eigenvalue weighted by molar-refractivity contribution is 8.00. The van der Waals surface area contributed by atoms with E-state index < -0.39 is 0 Å². The van der Waals surface area contributed by atoms with Crippen molar-refractivity contribution >= 4 is 40.0 Å². The van der Waals surface area contributed by atoms with Gasteiger partial charge >= 0.3 is 0 Å². The smallest absolute Gasteiger partial charge is 0.236 e. The first-order chi connectivity index (χ1) is 16.1. The molecule has 5 nitrogen and oxygen atoms in total. The lowest BCUT2D eigenvalue weighted by molar-refractivity contribution is -0.132. The standard InChI is InChI=1S/C26H29N3O2S2/c1-2-22-10-6-7-15-29(22)25(31)18-32-17-24(30)28-26-27-23(16-33-26)21-13-11-20(12-14-21)19-8-4-3-5-9-19/h3-5,8-9,11-14,16,22H,2,6-7,10,15,17-18H2,1H3,(H,27,28,30). The van der Waals surface area contributed by atoms with Gasteiger partial charge in [-0.2, -0.15) is 0 Å². The zero-order valence-corrected chi connectivity index (χ0v) is 20.5. The third kappa shape index (κ3) is 6.24. The van der Waals surface area contributed by atoms with Crippen LogP contribution >= 0.6 is 23.1 Å². The largest absolute Gasteiger partial charge is 0.339 e. The van der Waals surface area contributed by atoms with Gasteiger partial charge in [0.25, 0.3) is 0 Å². The third-order valence-corrected chi connectivity index (χ3v) is 7.59. The number of rotatable bonds is 8. The molecule has 1 aliphatic rings. The van der Waals surface area contributed by atoms with Gasteiger partial charge in [-0.1, -0.05) is 61.5 Å². The number of hydrogen-bond acceptors (Lipinski definition) is 5. The van der Waals surface area contributed by atoms with Gasteiger partial charge in [-0.25, -0.2) is 4.98 Å². The number of hydrogen-bond donors (Lipinski definition) is 1. The van der Waals surface area contributed by atoms with Crippen LogP contribution in [-0.2, 0) is 9.59 Å². The summed E-state index contributed by atoms with van der Waals surface area (Å²) < 4.78 is 0. The molecule has 0 saturated carbocycles. The van der Waals surface area contributed by atoms with Crippen molar-refractivity contribution < 1.29 is 9.59 Å². The van der Waals surface area contributed by atoms with Gasteiger partial charge in [0.1, 0.15) is 0 Å². The molecular formula is C26H29N3O2S2. The molecule has 4 rings (SSSR count). The number of benzene rings is 2. The number of nitrogens with one attached hydrogen (secondary N) is 1. The lowest BCUT2D eigenvalue weighted by atomic mass is 10.0. The molecule has 0 bridgehead atoms. The Balaban J connectivity index is 1.26. The number of thioether (sulfide) groups is 1. The normalized spacial score (nSPS) is 15.9. The Morgan fingerprint density at radius 1 is 1.03 bits per heavy atom. The molecule has 0 spiro atoms. The molecule has 172 valence electrons. The lowest BCUT2D eigenvalue weighted by Gasteiger charge is -2.35. The van der Waals surface area contributed by atoms with Crippen molar-refractivity contribution in [1.29, 1.82) is 0 Å². The highest BCUT2D eigenvalue weighted by Crippen LogP contribution is 2.28. The second-order valence-corrected chi connectivity index (χ2v) is 10.0. The Kier molecular flexibility index (Phi) is 8.18. The van der Waals surface area contributed by atoms with Crippen LogP contribution in [0.1, 0.15) is 32.6 Å². The fraction of sp³-hybridized carbons (Fsp3) is 0.346. The molecule has 1 atom stereocenters. The van der Waals surface area contributed by atoms with Crippen molar-refractivity contribution in [2.24, 2.45) is 0 Å². The Morgan fingerprint density at radius 3 is 2.52 bits per heavy atom. The predicted octanol–water partition coefficient (Wildman–Crippen LogP) is 5.94. The van der Waals surface area contributed by atoms with E-state index in [2.05, 4.69) is 53.6 Å². The van der Waals surface area contributed by atoms with E-state index in [4.69, 9.17) is 0 Å². The number of amides is 2. The van der Waals surface area contributed by atoms with Crippen LogP contribution in [0.15, 0.2) is 60.0 Å². The monoisotopic (exact) mass is 479 g/mol. The van der Waals surface area contributed by atoms with Gasteiger partial charge in [-0.15, -0.1) is 23.1 Å². The summed E-state index contributed by atoms with van der Waals surface area (Å²) in [6, 6.07) is 18.9. The molecule has 1 aliphatic heterocycles. The summed E-state index contributed by atoms with van der Waals surface area (Å²) in [5.74, 6) is 0.617. The van der Waals surface area contributed by atoms with E-state index in [0.717, 1.165) is 42.6 Å². The predicted molar refractivity (Wildman–Crippen MR) is 139 cm³/mol. The Morgan fingerprint density at radius 2 is 1.76 bits per heavy atom. The minimum Gasteiger partial charge on any atom is -0.339 e. The average molecular weight is 480 g/mol. The van der Waals surface area contributed by atoms with E-state index >= 15 is 0 Å². The van der Waals surface area contributed by atoms with Crippen molar-refractivity contribution in [3.63, 3.8) is 0 Å². The Hall–Kier alpha value is -2.64. The van der Waals surface area contributed by atoms with Crippen LogP contribution in [0.3, 0.4) is 0 Å². The maximum absolute atomic E-state index is 12.5. The number of carbonyl (C=O) groups excluding carboxylic acids is 2. The summed E-state index contributed by atoms with van der Waals surface area (Å²) in [6.45, 7) is 2.98. The molecule has 0 aliphatic carbocycles. The van der Waals surface area contributed by atoms with Crippen LogP contribution in [0.4, 0.5) is 5.13 Å². The zero-order chi connectivity index (χ0) is 23.0. The van der Waals surface area contributed by atoms with Crippen molar-refractivity contribution in [2.75, 3.05) is 23.4 Å². The van der Waals surface area contributed by atoms with Crippen LogP contribution in [-0.4, -0.2) is 45.8 Å².